The monoisotopic (exact) mass is 216 g/mol. The van der Waals surface area contributed by atoms with E-state index in [1.807, 2.05) is 31.2 Å². The van der Waals surface area contributed by atoms with Gasteiger partial charge in [0.2, 0.25) is 0 Å². The first-order valence-electron chi connectivity index (χ1n) is 4.07. The predicted molar refractivity (Wildman–Crippen MR) is 59.0 cm³/mol. The molecule has 0 fully saturated rings. The molecular weight excluding hydrogens is 204 g/mol. The average Bonchev–Trinajstić information content (AvgIpc) is 2.16. The second kappa shape index (κ2) is 5.50. The number of hydrogen-bond donors (Lipinski definition) is 2. The molecule has 1 aromatic rings. The van der Waals surface area contributed by atoms with Crippen LogP contribution in [0, 0.1) is 0 Å². The van der Waals surface area contributed by atoms with Crippen LogP contribution in [0.15, 0.2) is 29.2 Å². The molecule has 0 aliphatic heterocycles. The third kappa shape index (κ3) is 4.00. The van der Waals surface area contributed by atoms with E-state index in [2.05, 4.69) is 5.43 Å². The van der Waals surface area contributed by atoms with Gasteiger partial charge in [-0.05, 0) is 31.2 Å². The minimum atomic E-state index is 0.320. The molecule has 3 N–H and O–H groups in total. The third-order valence-corrected chi connectivity index (χ3v) is 3.12. The number of nitrogens with two attached hydrogens (primary N) is 1. The summed E-state index contributed by atoms with van der Waals surface area (Å²) in [6.07, 6.45) is 0. The summed E-state index contributed by atoms with van der Waals surface area (Å²) >= 11 is 7.52. The maximum absolute atomic E-state index is 5.76. The lowest BCUT2D eigenvalue weighted by atomic mass is 10.4. The number of halogens is 1. The third-order valence-electron chi connectivity index (χ3n) is 1.60. The van der Waals surface area contributed by atoms with Crippen LogP contribution in [-0.2, 0) is 0 Å². The van der Waals surface area contributed by atoms with Crippen LogP contribution in [0.2, 0.25) is 5.02 Å². The van der Waals surface area contributed by atoms with E-state index in [0.717, 1.165) is 10.8 Å². The average molecular weight is 217 g/mol. The molecule has 0 spiro atoms. The Morgan fingerprint density at radius 1 is 1.46 bits per heavy atom. The Kier molecular flexibility index (Phi) is 4.59. The summed E-state index contributed by atoms with van der Waals surface area (Å²) in [5.41, 5.74) is 2.70. The van der Waals surface area contributed by atoms with Gasteiger partial charge in [-0.3, -0.25) is 11.3 Å². The molecule has 0 aromatic heterocycles. The molecule has 1 atom stereocenters. The van der Waals surface area contributed by atoms with Crippen molar-refractivity contribution in [3.05, 3.63) is 29.3 Å². The molecule has 2 nitrogen and oxygen atoms in total. The fourth-order valence-corrected chi connectivity index (χ4v) is 1.79. The second-order valence-corrected chi connectivity index (χ2v) is 4.36. The van der Waals surface area contributed by atoms with Crippen LogP contribution in [0.3, 0.4) is 0 Å². The normalized spacial score (nSPS) is 12.8. The predicted octanol–water partition coefficient (Wildman–Crippen LogP) is 2.28. The SMILES string of the molecule is C[C@@H](CSc1ccc(Cl)cc1)NN. The minimum Gasteiger partial charge on any atom is -0.271 e. The Hall–Kier alpha value is -0.220. The molecule has 0 amide bonds. The van der Waals surface area contributed by atoms with Gasteiger partial charge >= 0.3 is 0 Å². The first kappa shape index (κ1) is 10.9. The van der Waals surface area contributed by atoms with Gasteiger partial charge in [-0.15, -0.1) is 11.8 Å². The highest BCUT2D eigenvalue weighted by molar-refractivity contribution is 7.99. The van der Waals surface area contributed by atoms with Crippen molar-refractivity contribution in [3.63, 3.8) is 0 Å². The standard InChI is InChI=1S/C9H13ClN2S/c1-7(12-11)6-13-9-4-2-8(10)3-5-9/h2-5,7,12H,6,11H2,1H3/t7-/m0/s1. The summed E-state index contributed by atoms with van der Waals surface area (Å²) in [6.45, 7) is 2.04. The maximum Gasteiger partial charge on any atom is 0.0406 e. The van der Waals surface area contributed by atoms with E-state index in [4.69, 9.17) is 17.4 Å². The number of hydrogen-bond acceptors (Lipinski definition) is 3. The van der Waals surface area contributed by atoms with Crippen molar-refractivity contribution in [3.8, 4) is 0 Å². The molecule has 4 heteroatoms. The molecule has 72 valence electrons. The van der Waals surface area contributed by atoms with E-state index in [-0.39, 0.29) is 0 Å². The van der Waals surface area contributed by atoms with Gasteiger partial charge < -0.3 is 0 Å². The lowest BCUT2D eigenvalue weighted by Gasteiger charge is -2.08. The van der Waals surface area contributed by atoms with Gasteiger partial charge in [0.25, 0.3) is 0 Å². The zero-order chi connectivity index (χ0) is 9.68. The largest absolute Gasteiger partial charge is 0.271 e. The van der Waals surface area contributed by atoms with Crippen molar-refractivity contribution in [2.75, 3.05) is 5.75 Å². The van der Waals surface area contributed by atoms with Gasteiger partial charge in [0.1, 0.15) is 0 Å². The van der Waals surface area contributed by atoms with Gasteiger partial charge in [0.05, 0.1) is 0 Å². The first-order valence-corrected chi connectivity index (χ1v) is 5.43. The topological polar surface area (TPSA) is 38.0 Å². The second-order valence-electron chi connectivity index (χ2n) is 2.83. The van der Waals surface area contributed by atoms with E-state index in [9.17, 15) is 0 Å². The van der Waals surface area contributed by atoms with E-state index < -0.39 is 0 Å². The lowest BCUT2D eigenvalue weighted by molar-refractivity contribution is 0.625. The van der Waals surface area contributed by atoms with Gasteiger partial charge in [-0.25, -0.2) is 0 Å². The lowest BCUT2D eigenvalue weighted by Crippen LogP contribution is -2.34. The zero-order valence-corrected chi connectivity index (χ0v) is 9.03. The Balaban J connectivity index is 2.41. The highest BCUT2D eigenvalue weighted by Crippen LogP contribution is 2.20. The van der Waals surface area contributed by atoms with Crippen LogP contribution in [0.25, 0.3) is 0 Å². The molecule has 13 heavy (non-hydrogen) atoms. The van der Waals surface area contributed by atoms with Crippen molar-refractivity contribution in [1.29, 1.82) is 0 Å². The van der Waals surface area contributed by atoms with Crippen molar-refractivity contribution >= 4 is 23.4 Å². The summed E-state index contributed by atoms with van der Waals surface area (Å²) in [6, 6.07) is 8.13. The van der Waals surface area contributed by atoms with Crippen LogP contribution < -0.4 is 11.3 Å². The number of nitrogens with one attached hydrogen (secondary N) is 1. The van der Waals surface area contributed by atoms with Crippen LogP contribution in [0.4, 0.5) is 0 Å². The van der Waals surface area contributed by atoms with Gasteiger partial charge in [0, 0.05) is 21.7 Å². The first-order chi connectivity index (χ1) is 6.22. The van der Waals surface area contributed by atoms with E-state index in [1.54, 1.807) is 11.8 Å². The fourth-order valence-electron chi connectivity index (χ4n) is 0.800. The van der Waals surface area contributed by atoms with Gasteiger partial charge in [-0.2, -0.15) is 0 Å². The van der Waals surface area contributed by atoms with E-state index in [0.29, 0.717) is 6.04 Å². The summed E-state index contributed by atoms with van der Waals surface area (Å²) in [5.74, 6) is 6.23. The number of rotatable bonds is 4. The highest BCUT2D eigenvalue weighted by Gasteiger charge is 1.99. The Labute approximate surface area is 87.8 Å². The highest BCUT2D eigenvalue weighted by atomic mass is 35.5. The van der Waals surface area contributed by atoms with Crippen molar-refractivity contribution in [2.24, 2.45) is 5.84 Å². The Morgan fingerprint density at radius 2 is 2.08 bits per heavy atom. The number of benzene rings is 1. The van der Waals surface area contributed by atoms with Crippen molar-refractivity contribution in [1.82, 2.24) is 5.43 Å². The number of thioether (sulfide) groups is 1. The summed E-state index contributed by atoms with van der Waals surface area (Å²) in [4.78, 5) is 1.21. The Morgan fingerprint density at radius 3 is 2.62 bits per heavy atom. The quantitative estimate of drug-likeness (QED) is 0.461. The van der Waals surface area contributed by atoms with Crippen molar-refractivity contribution < 1.29 is 0 Å². The molecule has 1 aromatic carbocycles. The molecule has 0 heterocycles. The molecule has 1 rings (SSSR count). The summed E-state index contributed by atoms with van der Waals surface area (Å²) in [5, 5.41) is 0.773. The molecule has 0 bridgehead atoms. The van der Waals surface area contributed by atoms with Crippen molar-refractivity contribution in [2.45, 2.75) is 17.9 Å². The summed E-state index contributed by atoms with van der Waals surface area (Å²) < 4.78 is 0. The molecule has 0 unspecified atom stereocenters. The van der Waals surface area contributed by atoms with E-state index in [1.165, 1.54) is 4.90 Å². The molecule has 0 radical (unpaired) electrons. The van der Waals surface area contributed by atoms with Crippen LogP contribution >= 0.6 is 23.4 Å². The number of hydrazine groups is 1. The van der Waals surface area contributed by atoms with Crippen LogP contribution in [0.5, 0.6) is 0 Å². The van der Waals surface area contributed by atoms with Crippen LogP contribution in [0.1, 0.15) is 6.92 Å². The van der Waals surface area contributed by atoms with Crippen LogP contribution in [-0.4, -0.2) is 11.8 Å². The molecule has 0 aliphatic carbocycles. The molecular formula is C9H13ClN2S. The van der Waals surface area contributed by atoms with Gasteiger partial charge in [-0.1, -0.05) is 11.6 Å². The maximum atomic E-state index is 5.76. The smallest absolute Gasteiger partial charge is 0.0406 e. The minimum absolute atomic E-state index is 0.320. The molecule has 0 saturated heterocycles. The molecule has 0 saturated carbocycles. The summed E-state index contributed by atoms with van der Waals surface area (Å²) in [7, 11) is 0. The van der Waals surface area contributed by atoms with E-state index >= 15 is 0 Å². The Bertz CT molecular complexity index is 250. The fraction of sp³-hybridized carbons (Fsp3) is 0.333. The molecule has 0 aliphatic rings. The van der Waals surface area contributed by atoms with Gasteiger partial charge in [0.15, 0.2) is 0 Å². The zero-order valence-electron chi connectivity index (χ0n) is 7.46.